The SMILES string of the molecule is Cc1ccc2c(c1)c1c(n2CCC(N)=O)CCN(C)C1. The molecule has 106 valence electrons. The van der Waals surface area contributed by atoms with E-state index in [0.717, 1.165) is 19.5 Å². The molecule has 2 N–H and O–H groups in total. The van der Waals surface area contributed by atoms with Gasteiger partial charge in [0.05, 0.1) is 0 Å². The first kappa shape index (κ1) is 13.2. The number of nitrogens with two attached hydrogens (primary N) is 1. The molecule has 20 heavy (non-hydrogen) atoms. The van der Waals surface area contributed by atoms with Crippen molar-refractivity contribution in [1.29, 1.82) is 0 Å². The average molecular weight is 271 g/mol. The van der Waals surface area contributed by atoms with Gasteiger partial charge < -0.3 is 15.2 Å². The molecule has 0 radical (unpaired) electrons. The number of carbonyl (C=O) groups is 1. The van der Waals surface area contributed by atoms with Crippen molar-refractivity contribution in [3.8, 4) is 0 Å². The Morgan fingerprint density at radius 3 is 2.95 bits per heavy atom. The molecule has 0 saturated carbocycles. The van der Waals surface area contributed by atoms with Gasteiger partial charge in [0, 0.05) is 49.1 Å². The molecule has 0 atom stereocenters. The highest BCUT2D eigenvalue weighted by atomic mass is 16.1. The lowest BCUT2D eigenvalue weighted by Gasteiger charge is -2.24. The van der Waals surface area contributed by atoms with Crippen LogP contribution in [0.1, 0.15) is 23.2 Å². The summed E-state index contributed by atoms with van der Waals surface area (Å²) in [5.41, 5.74) is 10.6. The Balaban J connectivity index is 2.15. The summed E-state index contributed by atoms with van der Waals surface area (Å²) in [5, 5.41) is 1.33. The topological polar surface area (TPSA) is 51.3 Å². The second-order valence-electron chi connectivity index (χ2n) is 5.80. The van der Waals surface area contributed by atoms with Gasteiger partial charge in [-0.1, -0.05) is 11.6 Å². The van der Waals surface area contributed by atoms with E-state index < -0.39 is 0 Å². The molecule has 0 saturated heterocycles. The minimum absolute atomic E-state index is 0.236. The Labute approximate surface area is 119 Å². The first-order chi connectivity index (χ1) is 9.56. The van der Waals surface area contributed by atoms with Crippen molar-refractivity contribution in [1.82, 2.24) is 9.47 Å². The number of carbonyl (C=O) groups excluding carboxylic acids is 1. The lowest BCUT2D eigenvalue weighted by atomic mass is 10.0. The molecular weight excluding hydrogens is 250 g/mol. The van der Waals surface area contributed by atoms with Crippen molar-refractivity contribution < 1.29 is 4.79 Å². The minimum Gasteiger partial charge on any atom is -0.370 e. The van der Waals surface area contributed by atoms with Crippen LogP contribution in [-0.4, -0.2) is 29.0 Å². The van der Waals surface area contributed by atoms with Crippen molar-refractivity contribution in [2.24, 2.45) is 5.73 Å². The summed E-state index contributed by atoms with van der Waals surface area (Å²) < 4.78 is 2.29. The van der Waals surface area contributed by atoms with Gasteiger partial charge in [0.15, 0.2) is 0 Å². The van der Waals surface area contributed by atoms with E-state index in [4.69, 9.17) is 5.73 Å². The first-order valence-electron chi connectivity index (χ1n) is 7.13. The molecule has 2 aromatic rings. The second-order valence-corrected chi connectivity index (χ2v) is 5.80. The maximum absolute atomic E-state index is 11.1. The van der Waals surface area contributed by atoms with Gasteiger partial charge in [0.1, 0.15) is 0 Å². The molecular formula is C16H21N3O. The van der Waals surface area contributed by atoms with Gasteiger partial charge in [-0.15, -0.1) is 0 Å². The number of fused-ring (bicyclic) bond motifs is 3. The van der Waals surface area contributed by atoms with E-state index >= 15 is 0 Å². The summed E-state index contributed by atoms with van der Waals surface area (Å²) in [6, 6.07) is 6.57. The molecule has 3 rings (SSSR count). The third kappa shape index (κ3) is 2.20. The van der Waals surface area contributed by atoms with Crippen molar-refractivity contribution in [2.45, 2.75) is 32.9 Å². The Morgan fingerprint density at radius 1 is 1.40 bits per heavy atom. The Bertz CT molecular complexity index is 672. The summed E-state index contributed by atoms with van der Waals surface area (Å²) in [6.07, 6.45) is 1.44. The number of aromatic nitrogens is 1. The first-order valence-corrected chi connectivity index (χ1v) is 7.13. The van der Waals surface area contributed by atoms with Crippen LogP contribution in [0.15, 0.2) is 18.2 Å². The molecule has 4 nitrogen and oxygen atoms in total. The molecule has 4 heteroatoms. The number of hydrogen-bond acceptors (Lipinski definition) is 2. The predicted octanol–water partition coefficient (Wildman–Crippen LogP) is 1.81. The Hall–Kier alpha value is -1.81. The lowest BCUT2D eigenvalue weighted by molar-refractivity contribution is -0.118. The molecule has 1 aliphatic rings. The van der Waals surface area contributed by atoms with Crippen LogP contribution in [0.4, 0.5) is 0 Å². The number of amides is 1. The number of hydrogen-bond donors (Lipinski definition) is 1. The van der Waals surface area contributed by atoms with E-state index in [1.165, 1.54) is 27.7 Å². The maximum Gasteiger partial charge on any atom is 0.219 e. The number of benzene rings is 1. The van der Waals surface area contributed by atoms with Crippen LogP contribution >= 0.6 is 0 Å². The van der Waals surface area contributed by atoms with Crippen molar-refractivity contribution in [2.75, 3.05) is 13.6 Å². The van der Waals surface area contributed by atoms with E-state index in [1.807, 2.05) is 0 Å². The Kier molecular flexibility index (Phi) is 3.26. The molecule has 0 bridgehead atoms. The van der Waals surface area contributed by atoms with Gasteiger partial charge in [-0.05, 0) is 31.7 Å². The number of aryl methyl sites for hydroxylation is 2. The van der Waals surface area contributed by atoms with E-state index in [2.05, 4.69) is 41.6 Å². The van der Waals surface area contributed by atoms with Crippen LogP contribution in [0.3, 0.4) is 0 Å². The van der Waals surface area contributed by atoms with Crippen LogP contribution in [0, 0.1) is 6.92 Å². The highest BCUT2D eigenvalue weighted by molar-refractivity contribution is 5.86. The van der Waals surface area contributed by atoms with Crippen LogP contribution in [0.2, 0.25) is 0 Å². The van der Waals surface area contributed by atoms with E-state index in [1.54, 1.807) is 0 Å². The molecule has 0 spiro atoms. The zero-order chi connectivity index (χ0) is 14.3. The van der Waals surface area contributed by atoms with E-state index in [9.17, 15) is 4.79 Å². The highest BCUT2D eigenvalue weighted by Gasteiger charge is 2.22. The van der Waals surface area contributed by atoms with Crippen LogP contribution in [0.25, 0.3) is 10.9 Å². The molecule has 1 aliphatic heterocycles. The molecule has 0 unspecified atom stereocenters. The summed E-state index contributed by atoms with van der Waals surface area (Å²) in [4.78, 5) is 13.5. The minimum atomic E-state index is -0.236. The Morgan fingerprint density at radius 2 is 2.20 bits per heavy atom. The highest BCUT2D eigenvalue weighted by Crippen LogP contribution is 2.31. The zero-order valence-electron chi connectivity index (χ0n) is 12.1. The molecule has 2 heterocycles. The van der Waals surface area contributed by atoms with E-state index in [0.29, 0.717) is 13.0 Å². The van der Waals surface area contributed by atoms with Gasteiger partial charge in [-0.3, -0.25) is 4.79 Å². The quantitative estimate of drug-likeness (QED) is 0.925. The van der Waals surface area contributed by atoms with Crippen molar-refractivity contribution in [3.05, 3.63) is 35.0 Å². The van der Waals surface area contributed by atoms with Gasteiger partial charge in [-0.25, -0.2) is 0 Å². The fourth-order valence-electron chi connectivity index (χ4n) is 3.18. The lowest BCUT2D eigenvalue weighted by Crippen LogP contribution is -2.27. The summed E-state index contributed by atoms with van der Waals surface area (Å²) in [5.74, 6) is -0.236. The smallest absolute Gasteiger partial charge is 0.219 e. The summed E-state index contributed by atoms with van der Waals surface area (Å²) >= 11 is 0. The number of nitrogens with zero attached hydrogens (tertiary/aromatic N) is 2. The van der Waals surface area contributed by atoms with Gasteiger partial charge >= 0.3 is 0 Å². The molecule has 0 aliphatic carbocycles. The van der Waals surface area contributed by atoms with Crippen LogP contribution in [0.5, 0.6) is 0 Å². The fourth-order valence-corrected chi connectivity index (χ4v) is 3.18. The van der Waals surface area contributed by atoms with E-state index in [-0.39, 0.29) is 5.91 Å². The standard InChI is InChI=1S/C16H21N3O/c1-11-3-4-14-12(9-11)13-10-18(2)7-5-15(13)19(14)8-6-16(17)20/h3-4,9H,5-8,10H2,1-2H3,(H2,17,20). The predicted molar refractivity (Wildman–Crippen MR) is 80.5 cm³/mol. The molecule has 1 amide bonds. The number of primary amides is 1. The third-order valence-corrected chi connectivity index (χ3v) is 4.18. The average Bonchev–Trinajstić information content (AvgIpc) is 2.69. The van der Waals surface area contributed by atoms with Crippen LogP contribution < -0.4 is 5.73 Å². The van der Waals surface area contributed by atoms with Gasteiger partial charge in [-0.2, -0.15) is 0 Å². The normalized spacial score (nSPS) is 15.5. The largest absolute Gasteiger partial charge is 0.370 e. The third-order valence-electron chi connectivity index (χ3n) is 4.18. The van der Waals surface area contributed by atoms with Gasteiger partial charge in [0.25, 0.3) is 0 Å². The van der Waals surface area contributed by atoms with Crippen LogP contribution in [-0.2, 0) is 24.3 Å². The molecule has 1 aromatic heterocycles. The molecule has 1 aromatic carbocycles. The maximum atomic E-state index is 11.1. The van der Waals surface area contributed by atoms with Crippen molar-refractivity contribution >= 4 is 16.8 Å². The second kappa shape index (κ2) is 4.94. The van der Waals surface area contributed by atoms with Gasteiger partial charge in [0.2, 0.25) is 5.91 Å². The fraction of sp³-hybridized carbons (Fsp3) is 0.438. The number of rotatable bonds is 3. The summed E-state index contributed by atoms with van der Waals surface area (Å²) in [6.45, 7) is 4.87. The summed E-state index contributed by atoms with van der Waals surface area (Å²) in [7, 11) is 2.16. The van der Waals surface area contributed by atoms with Crippen molar-refractivity contribution in [3.63, 3.8) is 0 Å². The molecule has 0 fully saturated rings. The number of likely N-dealkylation sites (N-methyl/N-ethyl adjacent to an activating group) is 1. The monoisotopic (exact) mass is 271 g/mol. The zero-order valence-corrected chi connectivity index (χ0v) is 12.1.